The van der Waals surface area contributed by atoms with Crippen molar-refractivity contribution in [3.8, 4) is 29.4 Å². The molecule has 86 valence electrons. The Labute approximate surface area is 99.8 Å². The van der Waals surface area contributed by atoms with Gasteiger partial charge < -0.3 is 9.47 Å². The molecule has 0 aliphatic rings. The molecule has 0 aliphatic carbocycles. The Morgan fingerprint density at radius 2 is 2.00 bits per heavy atom. The largest absolute Gasteiger partial charge is 0.496 e. The third-order valence-electron chi connectivity index (χ3n) is 2.07. The van der Waals surface area contributed by atoms with E-state index in [-0.39, 0.29) is 6.42 Å². The van der Waals surface area contributed by atoms with Gasteiger partial charge in [-0.25, -0.2) is 0 Å². The third-order valence-corrected chi connectivity index (χ3v) is 2.07. The summed E-state index contributed by atoms with van der Waals surface area (Å²) in [6.45, 7) is 0. The fourth-order valence-corrected chi connectivity index (χ4v) is 1.29. The molecule has 0 amide bonds. The van der Waals surface area contributed by atoms with Crippen LogP contribution in [0, 0.1) is 23.2 Å². The lowest BCUT2D eigenvalue weighted by Crippen LogP contribution is -1.95. The summed E-state index contributed by atoms with van der Waals surface area (Å²) in [6, 6.07) is 5.10. The van der Waals surface area contributed by atoms with Gasteiger partial charge in [0.25, 0.3) is 0 Å². The first kappa shape index (κ1) is 12.6. The first-order valence-corrected chi connectivity index (χ1v) is 4.83. The molecule has 0 bridgehead atoms. The van der Waals surface area contributed by atoms with Crippen molar-refractivity contribution in [1.29, 1.82) is 5.26 Å². The van der Waals surface area contributed by atoms with E-state index >= 15 is 0 Å². The van der Waals surface area contributed by atoms with E-state index < -0.39 is 0 Å². The smallest absolute Gasteiger partial charge is 0.153 e. The van der Waals surface area contributed by atoms with E-state index in [9.17, 15) is 4.79 Å². The van der Waals surface area contributed by atoms with Gasteiger partial charge in [0.15, 0.2) is 6.29 Å². The summed E-state index contributed by atoms with van der Waals surface area (Å²) in [5, 5.41) is 8.40. The Hall–Kier alpha value is -2.46. The SMILES string of the molecule is COc1cc(C=O)c(OC)cc1C#CCC#N. The minimum absolute atomic E-state index is 0.140. The summed E-state index contributed by atoms with van der Waals surface area (Å²) in [6.07, 6.45) is 0.828. The second kappa shape index (κ2) is 6.19. The van der Waals surface area contributed by atoms with Crippen LogP contribution in [0.25, 0.3) is 0 Å². The summed E-state index contributed by atoms with van der Waals surface area (Å²) < 4.78 is 10.2. The molecule has 0 N–H and O–H groups in total. The molecule has 0 saturated heterocycles. The first-order chi connectivity index (χ1) is 8.26. The van der Waals surface area contributed by atoms with Crippen molar-refractivity contribution >= 4 is 6.29 Å². The lowest BCUT2D eigenvalue weighted by Gasteiger charge is -2.08. The number of ether oxygens (including phenoxy) is 2. The number of nitriles is 1. The van der Waals surface area contributed by atoms with Gasteiger partial charge in [0, 0.05) is 6.07 Å². The van der Waals surface area contributed by atoms with Crippen LogP contribution in [0.3, 0.4) is 0 Å². The van der Waals surface area contributed by atoms with E-state index in [1.807, 2.05) is 6.07 Å². The van der Waals surface area contributed by atoms with Gasteiger partial charge in [-0.1, -0.05) is 11.8 Å². The molecule has 0 radical (unpaired) electrons. The molecule has 0 fully saturated rings. The topological polar surface area (TPSA) is 59.3 Å². The molecule has 1 aromatic rings. The third kappa shape index (κ3) is 2.99. The highest BCUT2D eigenvalue weighted by atomic mass is 16.5. The maximum atomic E-state index is 10.8. The molecule has 1 aromatic carbocycles. The van der Waals surface area contributed by atoms with Crippen LogP contribution in [0.1, 0.15) is 22.3 Å². The maximum Gasteiger partial charge on any atom is 0.153 e. The fourth-order valence-electron chi connectivity index (χ4n) is 1.29. The van der Waals surface area contributed by atoms with Crippen molar-refractivity contribution < 1.29 is 14.3 Å². The molecule has 0 aliphatic heterocycles. The Kier molecular flexibility index (Phi) is 4.59. The van der Waals surface area contributed by atoms with Gasteiger partial charge in [0.05, 0.1) is 37.8 Å². The average molecular weight is 229 g/mol. The zero-order chi connectivity index (χ0) is 12.7. The van der Waals surface area contributed by atoms with Gasteiger partial charge >= 0.3 is 0 Å². The molecular formula is C13H11NO3. The molecule has 0 spiro atoms. The van der Waals surface area contributed by atoms with Crippen molar-refractivity contribution in [2.75, 3.05) is 14.2 Å². The molecule has 17 heavy (non-hydrogen) atoms. The number of benzene rings is 1. The highest BCUT2D eigenvalue weighted by Crippen LogP contribution is 2.27. The van der Waals surface area contributed by atoms with Gasteiger partial charge in [-0.2, -0.15) is 5.26 Å². The normalized spacial score (nSPS) is 8.53. The molecule has 0 heterocycles. The number of carbonyl (C=O) groups excluding carboxylic acids is 1. The average Bonchev–Trinajstić information content (AvgIpc) is 2.38. The molecule has 0 aromatic heterocycles. The van der Waals surface area contributed by atoms with Crippen LogP contribution < -0.4 is 9.47 Å². The Bertz CT molecular complexity index is 518. The van der Waals surface area contributed by atoms with Gasteiger partial charge in [-0.3, -0.25) is 4.79 Å². The summed E-state index contributed by atoms with van der Waals surface area (Å²) in [5.74, 6) is 6.39. The van der Waals surface area contributed by atoms with Gasteiger partial charge in [-0.05, 0) is 6.07 Å². The van der Waals surface area contributed by atoms with E-state index in [4.69, 9.17) is 14.7 Å². The number of nitrogens with zero attached hydrogens (tertiary/aromatic N) is 1. The molecule has 0 saturated carbocycles. The highest BCUT2D eigenvalue weighted by molar-refractivity contribution is 5.81. The minimum atomic E-state index is 0.140. The van der Waals surface area contributed by atoms with Crippen molar-refractivity contribution in [2.24, 2.45) is 0 Å². The lowest BCUT2D eigenvalue weighted by atomic mass is 10.1. The molecule has 1 rings (SSSR count). The van der Waals surface area contributed by atoms with Crippen LogP contribution in [0.2, 0.25) is 0 Å². The summed E-state index contributed by atoms with van der Waals surface area (Å²) >= 11 is 0. The second-order valence-corrected chi connectivity index (χ2v) is 3.05. The van der Waals surface area contributed by atoms with Crippen molar-refractivity contribution in [1.82, 2.24) is 0 Å². The van der Waals surface area contributed by atoms with E-state index in [0.29, 0.717) is 28.9 Å². The summed E-state index contributed by atoms with van der Waals surface area (Å²) in [4.78, 5) is 10.8. The van der Waals surface area contributed by atoms with Crippen molar-refractivity contribution in [3.63, 3.8) is 0 Å². The number of rotatable bonds is 3. The van der Waals surface area contributed by atoms with Crippen LogP contribution in [0.4, 0.5) is 0 Å². The van der Waals surface area contributed by atoms with E-state index in [2.05, 4.69) is 11.8 Å². The molecule has 4 heteroatoms. The predicted molar refractivity (Wildman–Crippen MR) is 62.0 cm³/mol. The zero-order valence-electron chi connectivity index (χ0n) is 9.61. The van der Waals surface area contributed by atoms with Crippen molar-refractivity contribution in [3.05, 3.63) is 23.3 Å². The number of methoxy groups -OCH3 is 2. The molecule has 4 nitrogen and oxygen atoms in total. The van der Waals surface area contributed by atoms with Gasteiger partial charge in [0.2, 0.25) is 0 Å². The number of carbonyl (C=O) groups is 1. The van der Waals surface area contributed by atoms with Crippen LogP contribution in [-0.4, -0.2) is 20.5 Å². The van der Waals surface area contributed by atoms with Crippen LogP contribution in [0.5, 0.6) is 11.5 Å². The lowest BCUT2D eigenvalue weighted by molar-refractivity contribution is 0.112. The van der Waals surface area contributed by atoms with E-state index in [1.54, 1.807) is 12.1 Å². The number of hydrogen-bond donors (Lipinski definition) is 0. The number of aldehydes is 1. The van der Waals surface area contributed by atoms with Crippen LogP contribution in [-0.2, 0) is 0 Å². The van der Waals surface area contributed by atoms with E-state index in [1.165, 1.54) is 14.2 Å². The monoisotopic (exact) mass is 229 g/mol. The van der Waals surface area contributed by atoms with Crippen molar-refractivity contribution in [2.45, 2.75) is 6.42 Å². The van der Waals surface area contributed by atoms with E-state index in [0.717, 1.165) is 0 Å². The Morgan fingerprint density at radius 3 is 2.53 bits per heavy atom. The Morgan fingerprint density at radius 1 is 1.29 bits per heavy atom. The Balaban J connectivity index is 3.26. The zero-order valence-corrected chi connectivity index (χ0v) is 9.61. The standard InChI is InChI=1S/C13H11NO3/c1-16-12-8-11(9-15)13(17-2)7-10(12)5-3-4-6-14/h7-9H,4H2,1-2H3. The quantitative estimate of drug-likeness (QED) is 0.585. The summed E-state index contributed by atoms with van der Waals surface area (Å²) in [7, 11) is 2.97. The minimum Gasteiger partial charge on any atom is -0.496 e. The fraction of sp³-hybridized carbons (Fsp3) is 0.231. The highest BCUT2D eigenvalue weighted by Gasteiger charge is 2.08. The first-order valence-electron chi connectivity index (χ1n) is 4.83. The molecule has 0 atom stereocenters. The predicted octanol–water partition coefficient (Wildman–Crippen LogP) is 1.78. The summed E-state index contributed by atoms with van der Waals surface area (Å²) in [5.41, 5.74) is 0.986. The molecular weight excluding hydrogens is 218 g/mol. The second-order valence-electron chi connectivity index (χ2n) is 3.05. The van der Waals surface area contributed by atoms with Crippen LogP contribution in [0.15, 0.2) is 12.1 Å². The number of hydrogen-bond acceptors (Lipinski definition) is 4. The van der Waals surface area contributed by atoms with Crippen LogP contribution >= 0.6 is 0 Å². The van der Waals surface area contributed by atoms with Gasteiger partial charge in [-0.15, -0.1) is 0 Å². The van der Waals surface area contributed by atoms with Gasteiger partial charge in [0.1, 0.15) is 11.5 Å². The maximum absolute atomic E-state index is 10.8. The molecule has 0 unspecified atom stereocenters.